The second-order valence-corrected chi connectivity index (χ2v) is 3.80. The molecule has 0 heterocycles. The second-order valence-electron chi connectivity index (χ2n) is 3.80. The van der Waals surface area contributed by atoms with E-state index in [2.05, 4.69) is 0 Å². The highest BCUT2D eigenvalue weighted by atomic mass is 19.1. The lowest BCUT2D eigenvalue weighted by atomic mass is 9.95. The van der Waals surface area contributed by atoms with Gasteiger partial charge in [-0.1, -0.05) is 6.07 Å². The average molecular weight is 197 g/mol. The molecule has 1 aromatic carbocycles. The fourth-order valence-electron chi connectivity index (χ4n) is 1.17. The quantitative estimate of drug-likeness (QED) is 0.807. The van der Waals surface area contributed by atoms with Crippen LogP contribution in [-0.4, -0.2) is 6.61 Å². The SMILES string of the molecule is CCOc1ccc(C(C)(C)N)cc1F. The van der Waals surface area contributed by atoms with Crippen LogP contribution in [0.3, 0.4) is 0 Å². The molecule has 0 saturated carbocycles. The van der Waals surface area contributed by atoms with Crippen molar-refractivity contribution < 1.29 is 9.13 Å². The van der Waals surface area contributed by atoms with Crippen molar-refractivity contribution >= 4 is 0 Å². The Morgan fingerprint density at radius 2 is 2.07 bits per heavy atom. The van der Waals surface area contributed by atoms with Crippen LogP contribution in [0.2, 0.25) is 0 Å². The number of nitrogens with two attached hydrogens (primary N) is 1. The summed E-state index contributed by atoms with van der Waals surface area (Å²) >= 11 is 0. The van der Waals surface area contributed by atoms with Crippen molar-refractivity contribution in [1.82, 2.24) is 0 Å². The van der Waals surface area contributed by atoms with Gasteiger partial charge in [0.05, 0.1) is 6.61 Å². The van der Waals surface area contributed by atoms with Crippen LogP contribution in [0.15, 0.2) is 18.2 Å². The van der Waals surface area contributed by atoms with E-state index in [0.717, 1.165) is 5.56 Å². The van der Waals surface area contributed by atoms with Gasteiger partial charge >= 0.3 is 0 Å². The average Bonchev–Trinajstić information content (AvgIpc) is 2.07. The number of hydrogen-bond acceptors (Lipinski definition) is 2. The first-order chi connectivity index (χ1) is 6.45. The third-order valence-corrected chi connectivity index (χ3v) is 1.98. The van der Waals surface area contributed by atoms with E-state index in [9.17, 15) is 4.39 Å². The minimum atomic E-state index is -0.522. The molecule has 0 atom stereocenters. The zero-order chi connectivity index (χ0) is 10.8. The smallest absolute Gasteiger partial charge is 0.165 e. The van der Waals surface area contributed by atoms with Crippen LogP contribution < -0.4 is 10.5 Å². The van der Waals surface area contributed by atoms with Crippen LogP contribution in [0, 0.1) is 5.82 Å². The Balaban J connectivity index is 3.01. The van der Waals surface area contributed by atoms with Crippen LogP contribution >= 0.6 is 0 Å². The van der Waals surface area contributed by atoms with E-state index in [-0.39, 0.29) is 11.6 Å². The van der Waals surface area contributed by atoms with Gasteiger partial charge in [-0.3, -0.25) is 0 Å². The van der Waals surface area contributed by atoms with E-state index < -0.39 is 5.54 Å². The van der Waals surface area contributed by atoms with Crippen molar-refractivity contribution in [3.8, 4) is 5.75 Å². The predicted octanol–water partition coefficient (Wildman–Crippen LogP) is 2.42. The summed E-state index contributed by atoms with van der Waals surface area (Å²) in [6, 6.07) is 4.82. The van der Waals surface area contributed by atoms with Crippen LogP contribution in [-0.2, 0) is 5.54 Å². The van der Waals surface area contributed by atoms with Crippen molar-refractivity contribution in [2.45, 2.75) is 26.3 Å². The van der Waals surface area contributed by atoms with Gasteiger partial charge in [0.15, 0.2) is 11.6 Å². The van der Waals surface area contributed by atoms with Gasteiger partial charge in [-0.05, 0) is 38.5 Å². The summed E-state index contributed by atoms with van der Waals surface area (Å²) in [7, 11) is 0. The highest BCUT2D eigenvalue weighted by molar-refractivity contribution is 5.32. The van der Waals surface area contributed by atoms with E-state index in [4.69, 9.17) is 10.5 Å². The molecule has 0 saturated heterocycles. The Kier molecular flexibility index (Phi) is 3.11. The molecule has 0 unspecified atom stereocenters. The molecule has 0 radical (unpaired) electrons. The summed E-state index contributed by atoms with van der Waals surface area (Å²) in [5.74, 6) is -0.0802. The first-order valence-corrected chi connectivity index (χ1v) is 4.67. The molecule has 0 aliphatic rings. The largest absolute Gasteiger partial charge is 0.491 e. The molecule has 1 aromatic rings. The second kappa shape index (κ2) is 3.96. The number of benzene rings is 1. The zero-order valence-corrected chi connectivity index (χ0v) is 8.80. The van der Waals surface area contributed by atoms with E-state index in [1.165, 1.54) is 6.07 Å². The maximum Gasteiger partial charge on any atom is 0.165 e. The van der Waals surface area contributed by atoms with Crippen molar-refractivity contribution in [1.29, 1.82) is 0 Å². The molecule has 0 spiro atoms. The van der Waals surface area contributed by atoms with E-state index in [0.29, 0.717) is 6.61 Å². The maximum absolute atomic E-state index is 13.4. The lowest BCUT2D eigenvalue weighted by Gasteiger charge is -2.19. The molecular formula is C11H16FNO. The first-order valence-electron chi connectivity index (χ1n) is 4.67. The van der Waals surface area contributed by atoms with Crippen molar-refractivity contribution in [3.63, 3.8) is 0 Å². The van der Waals surface area contributed by atoms with Gasteiger partial charge < -0.3 is 10.5 Å². The Morgan fingerprint density at radius 1 is 1.43 bits per heavy atom. The molecule has 78 valence electrons. The molecule has 0 aromatic heterocycles. The van der Waals surface area contributed by atoms with Gasteiger partial charge in [-0.15, -0.1) is 0 Å². The lowest BCUT2D eigenvalue weighted by molar-refractivity contribution is 0.321. The minimum absolute atomic E-state index is 0.278. The fraction of sp³-hybridized carbons (Fsp3) is 0.455. The van der Waals surface area contributed by atoms with Gasteiger partial charge in [0.25, 0.3) is 0 Å². The topological polar surface area (TPSA) is 35.2 Å². The predicted molar refractivity (Wildman–Crippen MR) is 54.8 cm³/mol. The number of rotatable bonds is 3. The monoisotopic (exact) mass is 197 g/mol. The van der Waals surface area contributed by atoms with Crippen LogP contribution in [0.1, 0.15) is 26.3 Å². The summed E-state index contributed by atoms with van der Waals surface area (Å²) < 4.78 is 18.5. The molecular weight excluding hydrogens is 181 g/mol. The van der Waals surface area contributed by atoms with Crippen LogP contribution in [0.4, 0.5) is 4.39 Å². The Morgan fingerprint density at radius 3 is 2.50 bits per heavy atom. The van der Waals surface area contributed by atoms with Crippen molar-refractivity contribution in [2.24, 2.45) is 5.73 Å². The Bertz CT molecular complexity index is 318. The van der Waals surface area contributed by atoms with Crippen molar-refractivity contribution in [3.05, 3.63) is 29.6 Å². The summed E-state index contributed by atoms with van der Waals surface area (Å²) in [6.45, 7) is 5.95. The molecule has 2 N–H and O–H groups in total. The normalized spacial score (nSPS) is 11.5. The van der Waals surface area contributed by atoms with Crippen LogP contribution in [0.25, 0.3) is 0 Å². The van der Waals surface area contributed by atoms with Crippen molar-refractivity contribution in [2.75, 3.05) is 6.61 Å². The highest BCUT2D eigenvalue weighted by Gasteiger charge is 2.16. The minimum Gasteiger partial charge on any atom is -0.491 e. The summed E-state index contributed by atoms with van der Waals surface area (Å²) in [4.78, 5) is 0. The number of hydrogen-bond donors (Lipinski definition) is 1. The van der Waals surface area contributed by atoms with E-state index >= 15 is 0 Å². The molecule has 3 heteroatoms. The molecule has 0 aliphatic carbocycles. The zero-order valence-electron chi connectivity index (χ0n) is 8.80. The number of halogens is 1. The molecule has 1 rings (SSSR count). The lowest BCUT2D eigenvalue weighted by Crippen LogP contribution is -2.28. The Hall–Kier alpha value is -1.09. The van der Waals surface area contributed by atoms with Gasteiger partial charge in [-0.2, -0.15) is 0 Å². The van der Waals surface area contributed by atoms with Gasteiger partial charge in [0, 0.05) is 5.54 Å². The third-order valence-electron chi connectivity index (χ3n) is 1.98. The summed E-state index contributed by atoms with van der Waals surface area (Å²) in [5, 5.41) is 0. The highest BCUT2D eigenvalue weighted by Crippen LogP contribution is 2.23. The third kappa shape index (κ3) is 2.45. The molecule has 14 heavy (non-hydrogen) atoms. The van der Waals surface area contributed by atoms with Crippen LogP contribution in [0.5, 0.6) is 5.75 Å². The molecule has 0 aliphatic heterocycles. The van der Waals surface area contributed by atoms with Gasteiger partial charge in [0.1, 0.15) is 0 Å². The maximum atomic E-state index is 13.4. The molecule has 0 fully saturated rings. The van der Waals surface area contributed by atoms with Gasteiger partial charge in [0.2, 0.25) is 0 Å². The fourth-order valence-corrected chi connectivity index (χ4v) is 1.17. The standard InChI is InChI=1S/C11H16FNO/c1-4-14-10-6-5-8(7-9(10)12)11(2,3)13/h5-7H,4,13H2,1-3H3. The number of ether oxygens (including phenoxy) is 1. The molecule has 0 amide bonds. The molecule has 0 bridgehead atoms. The van der Waals surface area contributed by atoms with E-state index in [1.807, 2.05) is 20.8 Å². The summed E-state index contributed by atoms with van der Waals surface area (Å²) in [5.41, 5.74) is 6.08. The molecule has 2 nitrogen and oxygen atoms in total. The Labute approximate surface area is 83.9 Å². The summed E-state index contributed by atoms with van der Waals surface area (Å²) in [6.07, 6.45) is 0. The first kappa shape index (κ1) is 11.0. The van der Waals surface area contributed by atoms with Gasteiger partial charge in [-0.25, -0.2) is 4.39 Å². The van der Waals surface area contributed by atoms with E-state index in [1.54, 1.807) is 12.1 Å².